The fraction of sp³-hybridized carbons (Fsp3) is 0.200. The summed E-state index contributed by atoms with van der Waals surface area (Å²) in [5, 5.41) is 13.6. The van der Waals surface area contributed by atoms with Crippen molar-refractivity contribution in [1.29, 1.82) is 0 Å². The highest BCUT2D eigenvalue weighted by atomic mass is 79.9. The van der Waals surface area contributed by atoms with Crippen LogP contribution in [0.25, 0.3) is 0 Å². The summed E-state index contributed by atoms with van der Waals surface area (Å²) in [4.78, 5) is 0. The number of para-hydroxylation sites is 1. The predicted molar refractivity (Wildman–Crippen MR) is 85.6 cm³/mol. The maximum atomic E-state index is 9.88. The summed E-state index contributed by atoms with van der Waals surface area (Å²) < 4.78 is 6.50. The minimum absolute atomic E-state index is 0.188. The van der Waals surface area contributed by atoms with Gasteiger partial charge in [-0.1, -0.05) is 39.7 Å². The first-order valence-corrected chi connectivity index (χ1v) is 7.37. The van der Waals surface area contributed by atoms with Crippen LogP contribution in [0.1, 0.15) is 0 Å². The van der Waals surface area contributed by atoms with Crippen molar-refractivity contribution >= 4 is 33.2 Å². The van der Waals surface area contributed by atoms with Crippen molar-refractivity contribution in [1.82, 2.24) is 0 Å². The van der Waals surface area contributed by atoms with E-state index in [0.29, 0.717) is 17.3 Å². The molecule has 0 fully saturated rings. The summed E-state index contributed by atoms with van der Waals surface area (Å²) in [5.74, 6) is 0.580. The summed E-state index contributed by atoms with van der Waals surface area (Å²) >= 11 is 9.34. The summed E-state index contributed by atoms with van der Waals surface area (Å²) in [6.07, 6.45) is -0.616. The number of hydrogen-bond acceptors (Lipinski definition) is 3. The molecule has 0 aliphatic rings. The normalized spacial score (nSPS) is 11.9. The Morgan fingerprint density at radius 3 is 2.55 bits per heavy atom. The molecule has 2 aromatic rings. The van der Waals surface area contributed by atoms with E-state index in [9.17, 15) is 5.11 Å². The molecule has 0 aromatic heterocycles. The number of halogens is 2. The van der Waals surface area contributed by atoms with Crippen LogP contribution in [0.3, 0.4) is 0 Å². The van der Waals surface area contributed by atoms with Crippen molar-refractivity contribution < 1.29 is 9.84 Å². The molecule has 0 saturated heterocycles. The summed E-state index contributed by atoms with van der Waals surface area (Å²) in [7, 11) is 0. The molecule has 1 atom stereocenters. The van der Waals surface area contributed by atoms with Crippen LogP contribution in [0.2, 0.25) is 5.02 Å². The number of nitrogens with one attached hydrogen (secondary N) is 1. The minimum Gasteiger partial charge on any atom is -0.489 e. The van der Waals surface area contributed by atoms with Crippen molar-refractivity contribution in [2.24, 2.45) is 0 Å². The third kappa shape index (κ3) is 4.71. The van der Waals surface area contributed by atoms with Crippen LogP contribution in [0.4, 0.5) is 5.69 Å². The van der Waals surface area contributed by atoms with Crippen LogP contribution in [0.15, 0.2) is 53.0 Å². The molecule has 106 valence electrons. The Morgan fingerprint density at radius 1 is 1.15 bits per heavy atom. The molecule has 1 unspecified atom stereocenters. The van der Waals surface area contributed by atoms with Crippen LogP contribution in [-0.4, -0.2) is 24.4 Å². The van der Waals surface area contributed by atoms with Gasteiger partial charge in [-0.3, -0.25) is 0 Å². The molecular weight excluding hydrogens is 342 g/mol. The van der Waals surface area contributed by atoms with Gasteiger partial charge in [0.25, 0.3) is 0 Å². The van der Waals surface area contributed by atoms with Gasteiger partial charge in [-0.2, -0.15) is 0 Å². The van der Waals surface area contributed by atoms with Crippen LogP contribution >= 0.6 is 27.5 Å². The quantitative estimate of drug-likeness (QED) is 0.823. The van der Waals surface area contributed by atoms with E-state index in [1.807, 2.05) is 36.4 Å². The van der Waals surface area contributed by atoms with Crippen molar-refractivity contribution in [3.8, 4) is 5.75 Å². The van der Waals surface area contributed by atoms with Gasteiger partial charge in [0.05, 0.1) is 5.02 Å². The van der Waals surface area contributed by atoms with E-state index in [4.69, 9.17) is 16.3 Å². The highest BCUT2D eigenvalue weighted by Crippen LogP contribution is 2.23. The van der Waals surface area contributed by atoms with Crippen molar-refractivity contribution in [2.75, 3.05) is 18.5 Å². The van der Waals surface area contributed by atoms with Gasteiger partial charge in [-0.05, 0) is 36.4 Å². The Balaban J connectivity index is 1.77. The van der Waals surface area contributed by atoms with Gasteiger partial charge in [0.1, 0.15) is 18.5 Å². The van der Waals surface area contributed by atoms with Gasteiger partial charge in [-0.15, -0.1) is 0 Å². The largest absolute Gasteiger partial charge is 0.489 e. The fourth-order valence-electron chi connectivity index (χ4n) is 1.61. The van der Waals surface area contributed by atoms with Gasteiger partial charge in [0, 0.05) is 16.7 Å². The van der Waals surface area contributed by atoms with E-state index in [0.717, 1.165) is 10.2 Å². The average molecular weight is 357 g/mol. The van der Waals surface area contributed by atoms with Crippen molar-refractivity contribution in [2.45, 2.75) is 6.10 Å². The molecule has 2 rings (SSSR count). The average Bonchev–Trinajstić information content (AvgIpc) is 2.46. The highest BCUT2D eigenvalue weighted by Gasteiger charge is 2.07. The zero-order valence-corrected chi connectivity index (χ0v) is 13.1. The third-order valence-corrected chi connectivity index (χ3v) is 3.49. The molecule has 3 nitrogen and oxygen atoms in total. The fourth-order valence-corrected chi connectivity index (χ4v) is 2.06. The van der Waals surface area contributed by atoms with E-state index in [1.165, 1.54) is 0 Å². The van der Waals surface area contributed by atoms with Gasteiger partial charge in [0.15, 0.2) is 0 Å². The molecule has 0 amide bonds. The molecule has 0 radical (unpaired) electrons. The molecule has 0 spiro atoms. The topological polar surface area (TPSA) is 41.5 Å². The lowest BCUT2D eigenvalue weighted by atomic mass is 10.3. The lowest BCUT2D eigenvalue weighted by molar-refractivity contribution is 0.117. The van der Waals surface area contributed by atoms with Gasteiger partial charge in [0.2, 0.25) is 0 Å². The van der Waals surface area contributed by atoms with Crippen LogP contribution in [0, 0.1) is 0 Å². The first-order valence-electron chi connectivity index (χ1n) is 6.20. The Hall–Kier alpha value is -1.23. The molecule has 2 N–H and O–H groups in total. The first kappa shape index (κ1) is 15.2. The molecule has 0 bridgehead atoms. The number of benzene rings is 2. The minimum atomic E-state index is -0.616. The number of hydrogen-bond donors (Lipinski definition) is 2. The maximum Gasteiger partial charge on any atom is 0.138 e. The standard InChI is InChI=1S/C15H15BrClNO2/c16-11-5-7-12(8-6-11)18-9-13(19)10-20-15-4-2-1-3-14(15)17/h1-8,13,18-19H,9-10H2. The monoisotopic (exact) mass is 355 g/mol. The second-order valence-electron chi connectivity index (χ2n) is 4.28. The van der Waals surface area contributed by atoms with Gasteiger partial charge in [-0.25, -0.2) is 0 Å². The second-order valence-corrected chi connectivity index (χ2v) is 5.61. The van der Waals surface area contributed by atoms with Gasteiger partial charge < -0.3 is 15.2 Å². The SMILES string of the molecule is OC(CNc1ccc(Br)cc1)COc1ccccc1Cl. The molecule has 20 heavy (non-hydrogen) atoms. The van der Waals surface area contributed by atoms with Gasteiger partial charge >= 0.3 is 0 Å². The third-order valence-electron chi connectivity index (χ3n) is 2.65. The van der Waals surface area contributed by atoms with Crippen LogP contribution < -0.4 is 10.1 Å². The molecule has 5 heteroatoms. The molecule has 0 aliphatic carbocycles. The Labute approximate surface area is 131 Å². The smallest absolute Gasteiger partial charge is 0.138 e. The number of rotatable bonds is 6. The Kier molecular flexibility index (Phi) is 5.71. The number of ether oxygens (including phenoxy) is 1. The molecule has 0 saturated carbocycles. The summed E-state index contributed by atoms with van der Waals surface area (Å²) in [6.45, 7) is 0.597. The van der Waals surface area contributed by atoms with Crippen LogP contribution in [-0.2, 0) is 0 Å². The summed E-state index contributed by atoms with van der Waals surface area (Å²) in [5.41, 5.74) is 0.949. The van der Waals surface area contributed by atoms with E-state index in [1.54, 1.807) is 12.1 Å². The van der Waals surface area contributed by atoms with Crippen molar-refractivity contribution in [3.05, 3.63) is 58.0 Å². The number of anilines is 1. The maximum absolute atomic E-state index is 9.88. The molecule has 2 aromatic carbocycles. The molecule has 0 heterocycles. The molecule has 0 aliphatic heterocycles. The zero-order chi connectivity index (χ0) is 14.4. The lowest BCUT2D eigenvalue weighted by Gasteiger charge is -2.14. The summed E-state index contributed by atoms with van der Waals surface area (Å²) in [6, 6.07) is 15.0. The highest BCUT2D eigenvalue weighted by molar-refractivity contribution is 9.10. The molecular formula is C15H15BrClNO2. The zero-order valence-electron chi connectivity index (χ0n) is 10.7. The Bertz CT molecular complexity index is 548. The number of aliphatic hydroxyl groups excluding tert-OH is 1. The number of aliphatic hydroxyl groups is 1. The first-order chi connectivity index (χ1) is 9.65. The van der Waals surface area contributed by atoms with E-state index < -0.39 is 6.10 Å². The lowest BCUT2D eigenvalue weighted by Crippen LogP contribution is -2.26. The van der Waals surface area contributed by atoms with E-state index >= 15 is 0 Å². The predicted octanol–water partition coefficient (Wildman–Crippen LogP) is 3.95. The van der Waals surface area contributed by atoms with Crippen molar-refractivity contribution in [3.63, 3.8) is 0 Å². The Morgan fingerprint density at radius 2 is 1.85 bits per heavy atom. The van der Waals surface area contributed by atoms with E-state index in [-0.39, 0.29) is 6.61 Å². The second kappa shape index (κ2) is 7.53. The van der Waals surface area contributed by atoms with Crippen LogP contribution in [0.5, 0.6) is 5.75 Å². The van der Waals surface area contributed by atoms with E-state index in [2.05, 4.69) is 21.2 Å².